The van der Waals surface area contributed by atoms with Crippen molar-refractivity contribution in [3.63, 3.8) is 0 Å². The second-order valence-corrected chi connectivity index (χ2v) is 12.9. The molecule has 2 aliphatic carbocycles. The molecule has 10 rings (SSSR count). The summed E-state index contributed by atoms with van der Waals surface area (Å²) in [5.41, 5.74) is 12.3. The standard InChI is InChI=1S/C42H32N4/c1-44-39(29-15-6-3-7-16-29)26-35(28-13-4-2-5-14-28)43-41(44)46-36-20-10-8-18-32(36)33-25-31(23-24-37(33)46)45-38-21-11-9-19-34(38)42-27-30(42)17-12-22-40(42)45/h2-26,30,41H,27H2,1H3. The average molecular weight is 593 g/mol. The van der Waals surface area contributed by atoms with Crippen LogP contribution in [-0.2, 0) is 5.41 Å². The number of benzene rings is 5. The van der Waals surface area contributed by atoms with Crippen LogP contribution >= 0.6 is 0 Å². The Morgan fingerprint density at radius 1 is 0.717 bits per heavy atom. The van der Waals surface area contributed by atoms with Gasteiger partial charge in [-0.3, -0.25) is 0 Å². The highest BCUT2D eigenvalue weighted by Gasteiger charge is 2.63. The summed E-state index contributed by atoms with van der Waals surface area (Å²) < 4.78 is 2.42. The number of para-hydroxylation sites is 2. The molecule has 5 aromatic carbocycles. The van der Waals surface area contributed by atoms with Crippen LogP contribution in [0.15, 0.2) is 162 Å². The van der Waals surface area contributed by atoms with Gasteiger partial charge < -0.3 is 14.4 Å². The Kier molecular flexibility index (Phi) is 5.28. The van der Waals surface area contributed by atoms with Gasteiger partial charge in [0.15, 0.2) is 0 Å². The fourth-order valence-corrected chi connectivity index (χ4v) is 8.30. The topological polar surface area (TPSA) is 23.8 Å². The molecule has 0 bridgehead atoms. The summed E-state index contributed by atoms with van der Waals surface area (Å²) in [6.45, 7) is 0. The first-order valence-corrected chi connectivity index (χ1v) is 16.2. The molecule has 0 amide bonds. The number of fused-ring (bicyclic) bond motifs is 4. The Hall–Kier alpha value is -5.61. The minimum atomic E-state index is -0.266. The maximum atomic E-state index is 5.45. The highest BCUT2D eigenvalue weighted by Crippen LogP contribution is 2.69. The highest BCUT2D eigenvalue weighted by atomic mass is 15.4. The van der Waals surface area contributed by atoms with Crippen molar-refractivity contribution in [3.05, 3.63) is 174 Å². The molecule has 0 radical (unpaired) electrons. The molecule has 1 spiro atoms. The van der Waals surface area contributed by atoms with Gasteiger partial charge in [0.2, 0.25) is 6.29 Å². The van der Waals surface area contributed by atoms with E-state index >= 15 is 0 Å². The lowest BCUT2D eigenvalue weighted by Gasteiger charge is -2.35. The zero-order chi connectivity index (χ0) is 30.4. The quantitative estimate of drug-likeness (QED) is 0.204. The SMILES string of the molecule is CN1C(c2ccccc2)=CC(c2ccccc2)=NC1n1c2ccccc2c2cc(N3C4=CC=CC5CC45c4ccccc43)ccc21. The van der Waals surface area contributed by atoms with Crippen molar-refractivity contribution in [2.24, 2.45) is 10.9 Å². The van der Waals surface area contributed by atoms with Crippen molar-refractivity contribution in [2.45, 2.75) is 18.1 Å². The summed E-state index contributed by atoms with van der Waals surface area (Å²) in [6.07, 6.45) is 10.1. The predicted octanol–water partition coefficient (Wildman–Crippen LogP) is 9.59. The lowest BCUT2D eigenvalue weighted by molar-refractivity contribution is 0.282. The number of allylic oxidation sites excluding steroid dienone is 5. The second kappa shape index (κ2) is 9.45. The Morgan fingerprint density at radius 3 is 2.28 bits per heavy atom. The van der Waals surface area contributed by atoms with E-state index in [1.54, 1.807) is 0 Å². The van der Waals surface area contributed by atoms with Crippen molar-refractivity contribution in [1.82, 2.24) is 9.47 Å². The number of rotatable bonds is 4. The van der Waals surface area contributed by atoms with Crippen LogP contribution in [0, 0.1) is 5.92 Å². The highest BCUT2D eigenvalue weighted by molar-refractivity contribution is 6.13. The summed E-state index contributed by atoms with van der Waals surface area (Å²) in [6, 6.07) is 46.0. The van der Waals surface area contributed by atoms with E-state index in [1.165, 1.54) is 56.4 Å². The van der Waals surface area contributed by atoms with E-state index in [4.69, 9.17) is 4.99 Å². The van der Waals surface area contributed by atoms with E-state index < -0.39 is 0 Å². The van der Waals surface area contributed by atoms with Crippen LogP contribution < -0.4 is 4.90 Å². The minimum Gasteiger partial charge on any atom is -0.335 e. The number of hydrogen-bond donors (Lipinski definition) is 0. The average Bonchev–Trinajstić information content (AvgIpc) is 3.70. The first-order valence-electron chi connectivity index (χ1n) is 16.2. The number of aromatic nitrogens is 1. The molecule has 0 saturated heterocycles. The van der Waals surface area contributed by atoms with Crippen molar-refractivity contribution < 1.29 is 0 Å². The zero-order valence-electron chi connectivity index (χ0n) is 25.6. The van der Waals surface area contributed by atoms with E-state index in [-0.39, 0.29) is 11.7 Å². The molecule has 4 nitrogen and oxygen atoms in total. The van der Waals surface area contributed by atoms with Crippen molar-refractivity contribution in [3.8, 4) is 0 Å². The summed E-state index contributed by atoms with van der Waals surface area (Å²) in [5.74, 6) is 0.592. The molecule has 46 heavy (non-hydrogen) atoms. The monoisotopic (exact) mass is 592 g/mol. The molecule has 3 heterocycles. The van der Waals surface area contributed by atoms with E-state index in [0.29, 0.717) is 5.92 Å². The van der Waals surface area contributed by atoms with Crippen LogP contribution in [0.5, 0.6) is 0 Å². The fourth-order valence-electron chi connectivity index (χ4n) is 8.30. The molecule has 4 heteroatoms. The second-order valence-electron chi connectivity index (χ2n) is 12.9. The maximum Gasteiger partial charge on any atom is 0.203 e. The van der Waals surface area contributed by atoms with Crippen LogP contribution in [-0.4, -0.2) is 22.2 Å². The summed E-state index contributed by atoms with van der Waals surface area (Å²) in [5, 5.41) is 2.48. The van der Waals surface area contributed by atoms with Gasteiger partial charge in [-0.2, -0.15) is 0 Å². The summed E-state index contributed by atoms with van der Waals surface area (Å²) in [7, 11) is 2.17. The minimum absolute atomic E-state index is 0.127. The number of hydrogen-bond acceptors (Lipinski definition) is 3. The molecule has 1 fully saturated rings. The molecule has 0 N–H and O–H groups in total. The Morgan fingerprint density at radius 2 is 1.43 bits per heavy atom. The lowest BCUT2D eigenvalue weighted by atomic mass is 9.90. The van der Waals surface area contributed by atoms with Crippen LogP contribution in [0.3, 0.4) is 0 Å². The third kappa shape index (κ3) is 3.47. The Bertz CT molecular complexity index is 2320. The van der Waals surface area contributed by atoms with Gasteiger partial charge >= 0.3 is 0 Å². The molecule has 3 unspecified atom stereocenters. The molecule has 220 valence electrons. The summed E-state index contributed by atoms with van der Waals surface area (Å²) in [4.78, 5) is 10.3. The van der Waals surface area contributed by atoms with Gasteiger partial charge in [0, 0.05) is 40.3 Å². The molecule has 4 aliphatic rings. The van der Waals surface area contributed by atoms with Gasteiger partial charge in [0.1, 0.15) is 0 Å². The van der Waals surface area contributed by atoms with E-state index in [9.17, 15) is 0 Å². The van der Waals surface area contributed by atoms with Crippen LogP contribution in [0.1, 0.15) is 29.4 Å². The van der Waals surface area contributed by atoms with Crippen molar-refractivity contribution in [1.29, 1.82) is 0 Å². The van der Waals surface area contributed by atoms with E-state index in [0.717, 1.165) is 17.0 Å². The predicted molar refractivity (Wildman–Crippen MR) is 189 cm³/mol. The first kappa shape index (κ1) is 25.7. The molecule has 3 atom stereocenters. The summed E-state index contributed by atoms with van der Waals surface area (Å²) >= 11 is 0. The maximum absolute atomic E-state index is 5.45. The van der Waals surface area contributed by atoms with Gasteiger partial charge in [-0.05, 0) is 71.5 Å². The first-order chi connectivity index (χ1) is 22.7. The van der Waals surface area contributed by atoms with E-state index in [1.807, 2.05) is 0 Å². The lowest BCUT2D eigenvalue weighted by Crippen LogP contribution is -2.31. The number of anilines is 2. The van der Waals surface area contributed by atoms with Gasteiger partial charge in [-0.1, -0.05) is 109 Å². The molecule has 1 aromatic heterocycles. The third-order valence-electron chi connectivity index (χ3n) is 10.5. The molecule has 1 saturated carbocycles. The largest absolute Gasteiger partial charge is 0.335 e. The molecule has 6 aromatic rings. The van der Waals surface area contributed by atoms with Gasteiger partial charge in [-0.25, -0.2) is 4.99 Å². The number of nitrogens with zero attached hydrogens (tertiary/aromatic N) is 4. The van der Waals surface area contributed by atoms with Gasteiger partial charge in [0.05, 0.1) is 22.4 Å². The Balaban J connectivity index is 1.17. The normalized spacial score (nSPS) is 22.7. The van der Waals surface area contributed by atoms with Crippen molar-refractivity contribution in [2.75, 3.05) is 11.9 Å². The van der Waals surface area contributed by atoms with Crippen LogP contribution in [0.4, 0.5) is 11.4 Å². The third-order valence-corrected chi connectivity index (χ3v) is 10.5. The van der Waals surface area contributed by atoms with Crippen LogP contribution in [0.25, 0.3) is 27.5 Å². The smallest absolute Gasteiger partial charge is 0.203 e. The molecular weight excluding hydrogens is 560 g/mol. The Labute approximate surface area is 268 Å². The van der Waals surface area contributed by atoms with Crippen LogP contribution in [0.2, 0.25) is 0 Å². The zero-order valence-corrected chi connectivity index (χ0v) is 25.6. The fraction of sp³-hybridized carbons (Fsp3) is 0.119. The molecule has 2 aliphatic heterocycles. The molecular formula is C42H32N4. The van der Waals surface area contributed by atoms with Crippen molar-refractivity contribution >= 4 is 44.6 Å². The van der Waals surface area contributed by atoms with E-state index in [2.05, 4.69) is 173 Å². The number of aliphatic imine (C=N–C) groups is 1. The van der Waals surface area contributed by atoms with Gasteiger partial charge in [0.25, 0.3) is 0 Å². The van der Waals surface area contributed by atoms with Gasteiger partial charge in [-0.15, -0.1) is 0 Å².